The van der Waals surface area contributed by atoms with Crippen LogP contribution in [0.5, 0.6) is 0 Å². The number of rotatable bonds is 5. The summed E-state index contributed by atoms with van der Waals surface area (Å²) in [5.41, 5.74) is -0.457. The van der Waals surface area contributed by atoms with Gasteiger partial charge < -0.3 is 10.1 Å². The largest absolute Gasteiger partial charge is 0.467 e. The number of alkyl halides is 3. The summed E-state index contributed by atoms with van der Waals surface area (Å²) in [6, 6.07) is 8.11. The van der Waals surface area contributed by atoms with E-state index in [1.807, 2.05) is 0 Å². The minimum atomic E-state index is -4.96. The quantitative estimate of drug-likeness (QED) is 0.551. The zero-order valence-corrected chi connectivity index (χ0v) is 15.5. The Morgan fingerprint density at radius 1 is 1.11 bits per heavy atom. The van der Waals surface area contributed by atoms with E-state index >= 15 is 0 Å². The van der Waals surface area contributed by atoms with Crippen LogP contribution < -0.4 is 5.32 Å². The van der Waals surface area contributed by atoms with Crippen molar-refractivity contribution in [2.75, 3.05) is 7.11 Å². The summed E-state index contributed by atoms with van der Waals surface area (Å²) in [4.78, 5) is 24.3. The average molecular weight is 448 g/mol. The van der Waals surface area contributed by atoms with Gasteiger partial charge in [-0.2, -0.15) is 13.2 Å². The molecule has 144 valence electrons. The lowest BCUT2D eigenvalue weighted by atomic mass is 9.90. The van der Waals surface area contributed by atoms with Crippen molar-refractivity contribution in [1.29, 1.82) is 0 Å². The van der Waals surface area contributed by atoms with Crippen LogP contribution in [0, 0.1) is 5.82 Å². The van der Waals surface area contributed by atoms with Gasteiger partial charge in [0.25, 0.3) is 5.91 Å². The second-order valence-corrected chi connectivity index (χ2v) is 6.39. The molecule has 2 atom stereocenters. The normalized spacial score (nSPS) is 13.6. The van der Waals surface area contributed by atoms with E-state index < -0.39 is 41.4 Å². The van der Waals surface area contributed by atoms with E-state index in [1.54, 1.807) is 6.07 Å². The summed E-state index contributed by atoms with van der Waals surface area (Å²) in [6.07, 6.45) is -4.96. The molecule has 2 rings (SSSR count). The molecule has 0 radical (unpaired) electrons. The molecule has 0 fully saturated rings. The maximum absolute atomic E-state index is 13.8. The first-order valence-corrected chi connectivity index (χ1v) is 8.40. The Bertz CT molecular complexity index is 827. The molecular formula is C18H14BrF4NO3. The van der Waals surface area contributed by atoms with Crippen LogP contribution in [-0.2, 0) is 9.53 Å². The lowest BCUT2D eigenvalue weighted by Gasteiger charge is -2.28. The molecule has 0 aliphatic heterocycles. The van der Waals surface area contributed by atoms with Crippen LogP contribution in [0.15, 0.2) is 53.0 Å². The summed E-state index contributed by atoms with van der Waals surface area (Å²) < 4.78 is 59.4. The molecule has 4 nitrogen and oxygen atoms in total. The second kappa shape index (κ2) is 8.51. The van der Waals surface area contributed by atoms with E-state index in [4.69, 9.17) is 0 Å². The Kier molecular flexibility index (Phi) is 6.59. The summed E-state index contributed by atoms with van der Waals surface area (Å²) in [5.74, 6) is -5.62. The van der Waals surface area contributed by atoms with Crippen molar-refractivity contribution in [3.05, 3.63) is 69.9 Å². The van der Waals surface area contributed by atoms with E-state index in [1.165, 1.54) is 24.3 Å². The molecule has 1 amide bonds. The molecule has 0 spiro atoms. The Morgan fingerprint density at radius 2 is 1.74 bits per heavy atom. The third kappa shape index (κ3) is 5.06. The standard InChI is InChI=1S/C18H14BrF4NO3/c1-27-17(26)15(24-16(25)10-5-3-2-4-6-10)14(18(21,22)23)11-7-8-12(19)13(20)9-11/h2-9,14-15H,1H3,(H,24,25). The highest BCUT2D eigenvalue weighted by molar-refractivity contribution is 9.10. The highest BCUT2D eigenvalue weighted by Gasteiger charge is 2.50. The SMILES string of the molecule is COC(=O)C(NC(=O)c1ccccc1)C(c1ccc(Br)c(F)c1)C(F)(F)F. The number of methoxy groups -OCH3 is 1. The minimum absolute atomic E-state index is 0.0323. The fourth-order valence-corrected chi connectivity index (χ4v) is 2.74. The number of halogens is 5. The molecule has 0 aromatic heterocycles. The molecule has 9 heteroatoms. The van der Waals surface area contributed by atoms with Crippen molar-refractivity contribution >= 4 is 27.8 Å². The van der Waals surface area contributed by atoms with Crippen molar-refractivity contribution in [2.24, 2.45) is 0 Å². The summed E-state index contributed by atoms with van der Waals surface area (Å²) in [6.45, 7) is 0. The molecule has 1 N–H and O–H groups in total. The Morgan fingerprint density at radius 3 is 2.26 bits per heavy atom. The maximum Gasteiger partial charge on any atom is 0.398 e. The number of hydrogen-bond donors (Lipinski definition) is 1. The number of amides is 1. The van der Waals surface area contributed by atoms with Crippen LogP contribution in [0.1, 0.15) is 21.8 Å². The van der Waals surface area contributed by atoms with Gasteiger partial charge in [-0.25, -0.2) is 9.18 Å². The molecule has 0 saturated heterocycles. The van der Waals surface area contributed by atoms with Crippen LogP contribution in [0.25, 0.3) is 0 Å². The predicted octanol–water partition coefficient (Wildman–Crippen LogP) is 4.21. The van der Waals surface area contributed by atoms with E-state index in [-0.39, 0.29) is 10.0 Å². The van der Waals surface area contributed by atoms with Gasteiger partial charge in [0.15, 0.2) is 0 Å². The average Bonchev–Trinajstić information content (AvgIpc) is 2.63. The number of carbonyl (C=O) groups is 2. The third-order valence-corrected chi connectivity index (χ3v) is 4.41. The molecule has 0 bridgehead atoms. The Hall–Kier alpha value is -2.42. The predicted molar refractivity (Wildman–Crippen MR) is 92.6 cm³/mol. The molecule has 0 aliphatic carbocycles. The number of esters is 1. The molecule has 0 heterocycles. The first-order chi connectivity index (χ1) is 12.6. The van der Waals surface area contributed by atoms with Gasteiger partial charge in [-0.1, -0.05) is 24.3 Å². The topological polar surface area (TPSA) is 55.4 Å². The first-order valence-electron chi connectivity index (χ1n) is 7.60. The van der Waals surface area contributed by atoms with Crippen molar-refractivity contribution < 1.29 is 31.9 Å². The van der Waals surface area contributed by atoms with Crippen LogP contribution in [-0.4, -0.2) is 31.2 Å². The lowest BCUT2D eigenvalue weighted by molar-refractivity contribution is -0.170. The molecule has 2 aromatic carbocycles. The van der Waals surface area contributed by atoms with Crippen molar-refractivity contribution in [1.82, 2.24) is 5.32 Å². The number of nitrogens with one attached hydrogen (secondary N) is 1. The second-order valence-electron chi connectivity index (χ2n) is 5.53. The number of ether oxygens (including phenoxy) is 1. The zero-order chi connectivity index (χ0) is 20.2. The monoisotopic (exact) mass is 447 g/mol. The van der Waals surface area contributed by atoms with Crippen molar-refractivity contribution in [3.8, 4) is 0 Å². The van der Waals surface area contributed by atoms with Crippen LogP contribution in [0.4, 0.5) is 17.6 Å². The Labute approximate surface area is 160 Å². The fraction of sp³-hybridized carbons (Fsp3) is 0.222. The molecule has 0 saturated carbocycles. The highest BCUT2D eigenvalue weighted by atomic mass is 79.9. The van der Waals surface area contributed by atoms with E-state index in [9.17, 15) is 27.2 Å². The van der Waals surface area contributed by atoms with Crippen LogP contribution in [0.3, 0.4) is 0 Å². The van der Waals surface area contributed by atoms with Gasteiger partial charge >= 0.3 is 12.1 Å². The van der Waals surface area contributed by atoms with Gasteiger partial charge in [-0.05, 0) is 45.8 Å². The van der Waals surface area contributed by atoms with Crippen LogP contribution >= 0.6 is 15.9 Å². The summed E-state index contributed by atoms with van der Waals surface area (Å²) in [7, 11) is 0.902. The Balaban J connectivity index is 2.47. The van der Waals surface area contributed by atoms with Crippen molar-refractivity contribution in [3.63, 3.8) is 0 Å². The number of carbonyl (C=O) groups excluding carboxylic acids is 2. The number of benzene rings is 2. The minimum Gasteiger partial charge on any atom is -0.467 e. The van der Waals surface area contributed by atoms with Gasteiger partial charge in [0.05, 0.1) is 11.6 Å². The summed E-state index contributed by atoms with van der Waals surface area (Å²) in [5, 5.41) is 2.06. The van der Waals surface area contributed by atoms with Crippen molar-refractivity contribution in [2.45, 2.75) is 18.1 Å². The van der Waals surface area contributed by atoms with E-state index in [0.717, 1.165) is 19.2 Å². The molecule has 0 aliphatic rings. The zero-order valence-electron chi connectivity index (χ0n) is 13.9. The van der Waals surface area contributed by atoms with Gasteiger partial charge in [-0.15, -0.1) is 0 Å². The lowest BCUT2D eigenvalue weighted by Crippen LogP contribution is -2.50. The molecule has 2 aromatic rings. The van der Waals surface area contributed by atoms with Gasteiger partial charge in [0.2, 0.25) is 0 Å². The van der Waals surface area contributed by atoms with E-state index in [0.29, 0.717) is 6.07 Å². The first kappa shape index (κ1) is 20.9. The van der Waals surface area contributed by atoms with Gasteiger partial charge in [0.1, 0.15) is 17.8 Å². The van der Waals surface area contributed by atoms with E-state index in [2.05, 4.69) is 26.0 Å². The highest BCUT2D eigenvalue weighted by Crippen LogP contribution is 2.39. The maximum atomic E-state index is 13.8. The molecular weight excluding hydrogens is 434 g/mol. The summed E-state index contributed by atoms with van der Waals surface area (Å²) >= 11 is 2.86. The van der Waals surface area contributed by atoms with Gasteiger partial charge in [-0.3, -0.25) is 4.79 Å². The molecule has 2 unspecified atom stereocenters. The molecule has 27 heavy (non-hydrogen) atoms. The van der Waals surface area contributed by atoms with Gasteiger partial charge in [0, 0.05) is 5.56 Å². The smallest absolute Gasteiger partial charge is 0.398 e. The third-order valence-electron chi connectivity index (χ3n) is 3.77. The van der Waals surface area contributed by atoms with Crippen LogP contribution in [0.2, 0.25) is 0 Å². The number of hydrogen-bond acceptors (Lipinski definition) is 3. The fourth-order valence-electron chi connectivity index (χ4n) is 2.50.